The minimum Gasteiger partial charge on any atom is -0.337 e. The molecule has 0 bridgehead atoms. The lowest BCUT2D eigenvalue weighted by Crippen LogP contribution is -2.52. The number of hydrogen-bond donors (Lipinski definition) is 1. The van der Waals surface area contributed by atoms with Gasteiger partial charge < -0.3 is 10.2 Å². The molecule has 1 saturated heterocycles. The highest BCUT2D eigenvalue weighted by Gasteiger charge is 2.23. The van der Waals surface area contributed by atoms with Crippen LogP contribution in [0, 0.1) is 5.92 Å². The lowest BCUT2D eigenvalue weighted by Gasteiger charge is -2.34. The summed E-state index contributed by atoms with van der Waals surface area (Å²) in [6.07, 6.45) is 1.80. The largest absolute Gasteiger partial charge is 0.337 e. The second-order valence-electron chi connectivity index (χ2n) is 4.36. The van der Waals surface area contributed by atoms with Crippen molar-refractivity contribution in [2.24, 2.45) is 5.92 Å². The maximum absolute atomic E-state index is 11.9. The predicted molar refractivity (Wildman–Crippen MR) is 58.1 cm³/mol. The van der Waals surface area contributed by atoms with Gasteiger partial charge in [-0.3, -0.25) is 4.79 Å². The van der Waals surface area contributed by atoms with Crippen molar-refractivity contribution in [1.29, 1.82) is 0 Å². The molecule has 0 spiro atoms. The van der Waals surface area contributed by atoms with E-state index in [9.17, 15) is 4.79 Å². The summed E-state index contributed by atoms with van der Waals surface area (Å²) < 4.78 is 0. The summed E-state index contributed by atoms with van der Waals surface area (Å²) >= 11 is 0. The first-order chi connectivity index (χ1) is 6.65. The zero-order valence-electron chi connectivity index (χ0n) is 9.55. The van der Waals surface area contributed by atoms with E-state index < -0.39 is 0 Å². The highest BCUT2D eigenvalue weighted by molar-refractivity contribution is 5.76. The Kier molecular flexibility index (Phi) is 4.39. The Morgan fingerprint density at radius 3 is 2.93 bits per heavy atom. The molecular formula is C11H22N2O. The van der Waals surface area contributed by atoms with Gasteiger partial charge in [0.25, 0.3) is 0 Å². The van der Waals surface area contributed by atoms with E-state index in [4.69, 9.17) is 0 Å². The molecule has 1 amide bonds. The van der Waals surface area contributed by atoms with Crippen molar-refractivity contribution in [3.05, 3.63) is 0 Å². The van der Waals surface area contributed by atoms with Crippen LogP contribution in [0.5, 0.6) is 0 Å². The number of amides is 1. The Morgan fingerprint density at radius 1 is 1.64 bits per heavy atom. The monoisotopic (exact) mass is 198 g/mol. The fourth-order valence-electron chi connectivity index (χ4n) is 1.77. The van der Waals surface area contributed by atoms with Crippen LogP contribution in [0.1, 0.15) is 33.6 Å². The molecule has 0 aliphatic carbocycles. The molecule has 3 nitrogen and oxygen atoms in total. The topological polar surface area (TPSA) is 32.3 Å². The number of rotatable bonds is 3. The summed E-state index contributed by atoms with van der Waals surface area (Å²) in [5.74, 6) is 0.845. The quantitative estimate of drug-likeness (QED) is 0.740. The highest BCUT2D eigenvalue weighted by atomic mass is 16.2. The van der Waals surface area contributed by atoms with E-state index in [-0.39, 0.29) is 0 Å². The van der Waals surface area contributed by atoms with Crippen LogP contribution in [0.4, 0.5) is 0 Å². The molecular weight excluding hydrogens is 176 g/mol. The van der Waals surface area contributed by atoms with Gasteiger partial charge >= 0.3 is 0 Å². The highest BCUT2D eigenvalue weighted by Crippen LogP contribution is 2.12. The van der Waals surface area contributed by atoms with Crippen LogP contribution in [0.25, 0.3) is 0 Å². The molecule has 0 saturated carbocycles. The first-order valence-corrected chi connectivity index (χ1v) is 5.65. The molecule has 1 N–H and O–H groups in total. The van der Waals surface area contributed by atoms with Gasteiger partial charge in [0.15, 0.2) is 0 Å². The molecule has 0 aromatic rings. The van der Waals surface area contributed by atoms with Crippen LogP contribution in [0.15, 0.2) is 0 Å². The number of piperazine rings is 1. The van der Waals surface area contributed by atoms with Crippen molar-refractivity contribution in [1.82, 2.24) is 10.2 Å². The van der Waals surface area contributed by atoms with Crippen LogP contribution in [0.2, 0.25) is 0 Å². The number of nitrogens with one attached hydrogen (secondary N) is 1. The Balaban J connectivity index is 2.42. The Hall–Kier alpha value is -0.570. The number of hydrogen-bond acceptors (Lipinski definition) is 2. The van der Waals surface area contributed by atoms with Crippen molar-refractivity contribution in [3.8, 4) is 0 Å². The Labute approximate surface area is 86.9 Å². The second kappa shape index (κ2) is 5.35. The van der Waals surface area contributed by atoms with Gasteiger partial charge in [-0.2, -0.15) is 0 Å². The maximum atomic E-state index is 11.9. The van der Waals surface area contributed by atoms with Gasteiger partial charge in [-0.05, 0) is 12.8 Å². The average Bonchev–Trinajstić information content (AvgIpc) is 2.18. The normalized spacial score (nSPS) is 24.8. The first-order valence-electron chi connectivity index (χ1n) is 5.65. The third-order valence-electron chi connectivity index (χ3n) is 3.04. The van der Waals surface area contributed by atoms with Crippen LogP contribution in [-0.4, -0.2) is 36.5 Å². The van der Waals surface area contributed by atoms with Gasteiger partial charge in [-0.15, -0.1) is 0 Å². The summed E-state index contributed by atoms with van der Waals surface area (Å²) in [6.45, 7) is 9.14. The summed E-state index contributed by atoms with van der Waals surface area (Å²) in [5, 5.41) is 3.29. The van der Waals surface area contributed by atoms with E-state index in [0.717, 1.165) is 26.1 Å². The fraction of sp³-hybridized carbons (Fsp3) is 0.909. The van der Waals surface area contributed by atoms with Crippen LogP contribution in [0.3, 0.4) is 0 Å². The van der Waals surface area contributed by atoms with E-state index in [2.05, 4.69) is 26.1 Å². The first kappa shape index (κ1) is 11.5. The Morgan fingerprint density at radius 2 is 2.36 bits per heavy atom. The standard InChI is InChI=1S/C11H22N2O/c1-4-9(2)7-11(14)13-6-5-12-8-10(13)3/h9-10,12H,4-8H2,1-3H3/t9?,10-/m1/s1. The van der Waals surface area contributed by atoms with E-state index in [1.807, 2.05) is 4.90 Å². The molecule has 1 heterocycles. The maximum Gasteiger partial charge on any atom is 0.223 e. The molecule has 0 radical (unpaired) electrons. The van der Waals surface area contributed by atoms with Gasteiger partial charge in [0.1, 0.15) is 0 Å². The molecule has 0 aromatic heterocycles. The third kappa shape index (κ3) is 2.98. The molecule has 1 fully saturated rings. The van der Waals surface area contributed by atoms with Crippen molar-refractivity contribution in [3.63, 3.8) is 0 Å². The zero-order valence-corrected chi connectivity index (χ0v) is 9.55. The minimum atomic E-state index is 0.327. The lowest BCUT2D eigenvalue weighted by atomic mass is 10.0. The van der Waals surface area contributed by atoms with E-state index in [0.29, 0.717) is 24.3 Å². The summed E-state index contributed by atoms with van der Waals surface area (Å²) in [6, 6.07) is 0.361. The second-order valence-corrected chi connectivity index (χ2v) is 4.36. The molecule has 14 heavy (non-hydrogen) atoms. The molecule has 1 aliphatic rings. The smallest absolute Gasteiger partial charge is 0.223 e. The van der Waals surface area contributed by atoms with Crippen molar-refractivity contribution >= 4 is 5.91 Å². The van der Waals surface area contributed by atoms with Gasteiger partial charge in [0.2, 0.25) is 5.91 Å². The van der Waals surface area contributed by atoms with E-state index >= 15 is 0 Å². The molecule has 3 heteroatoms. The summed E-state index contributed by atoms with van der Waals surface area (Å²) in [7, 11) is 0. The number of nitrogens with zero attached hydrogens (tertiary/aromatic N) is 1. The molecule has 0 aromatic carbocycles. The van der Waals surface area contributed by atoms with Gasteiger partial charge in [0.05, 0.1) is 0 Å². The third-order valence-corrected chi connectivity index (χ3v) is 3.04. The average molecular weight is 198 g/mol. The van der Waals surface area contributed by atoms with Crippen LogP contribution < -0.4 is 5.32 Å². The summed E-state index contributed by atoms with van der Waals surface area (Å²) in [5.41, 5.74) is 0. The van der Waals surface area contributed by atoms with Crippen molar-refractivity contribution in [2.75, 3.05) is 19.6 Å². The minimum absolute atomic E-state index is 0.327. The van der Waals surface area contributed by atoms with Crippen molar-refractivity contribution < 1.29 is 4.79 Å². The fourth-order valence-corrected chi connectivity index (χ4v) is 1.77. The van der Waals surface area contributed by atoms with Crippen molar-refractivity contribution in [2.45, 2.75) is 39.7 Å². The van der Waals surface area contributed by atoms with Crippen LogP contribution >= 0.6 is 0 Å². The molecule has 1 rings (SSSR count). The number of carbonyl (C=O) groups excluding carboxylic acids is 1. The molecule has 82 valence electrons. The molecule has 1 unspecified atom stereocenters. The summed E-state index contributed by atoms with van der Waals surface area (Å²) in [4.78, 5) is 13.9. The van der Waals surface area contributed by atoms with Gasteiger partial charge in [-0.25, -0.2) is 0 Å². The molecule has 2 atom stereocenters. The van der Waals surface area contributed by atoms with Crippen LogP contribution in [-0.2, 0) is 4.79 Å². The van der Waals surface area contributed by atoms with Gasteiger partial charge in [0, 0.05) is 32.1 Å². The SMILES string of the molecule is CCC(C)CC(=O)N1CCNC[C@H]1C. The Bertz CT molecular complexity index is 194. The lowest BCUT2D eigenvalue weighted by molar-refractivity contribution is -0.134. The predicted octanol–water partition coefficient (Wildman–Crippen LogP) is 1.24. The van der Waals surface area contributed by atoms with E-state index in [1.165, 1.54) is 0 Å². The van der Waals surface area contributed by atoms with Gasteiger partial charge in [-0.1, -0.05) is 20.3 Å². The molecule has 1 aliphatic heterocycles. The number of carbonyl (C=O) groups is 1. The zero-order chi connectivity index (χ0) is 10.6. The van der Waals surface area contributed by atoms with E-state index in [1.54, 1.807) is 0 Å².